The molecule has 0 unspecified atom stereocenters. The molecule has 0 saturated heterocycles. The van der Waals surface area contributed by atoms with E-state index in [1.54, 1.807) is 6.07 Å². The van der Waals surface area contributed by atoms with Gasteiger partial charge in [0.2, 0.25) is 0 Å². The molecule has 128 valence electrons. The number of hydrogen-bond donors (Lipinski definition) is 1. The zero-order valence-electron chi connectivity index (χ0n) is 13.1. The molecule has 4 nitrogen and oxygen atoms in total. The smallest absolute Gasteiger partial charge is 0.416 e. The Labute approximate surface area is 137 Å². The van der Waals surface area contributed by atoms with Crippen LogP contribution in [0.4, 0.5) is 13.2 Å². The Morgan fingerprint density at radius 3 is 2.21 bits per heavy atom. The van der Waals surface area contributed by atoms with Gasteiger partial charge < -0.3 is 14.8 Å². The first-order valence-corrected chi connectivity index (χ1v) is 7.01. The van der Waals surface area contributed by atoms with Crippen molar-refractivity contribution in [2.75, 3.05) is 14.2 Å². The highest BCUT2D eigenvalue weighted by Crippen LogP contribution is 2.29. The number of hydrogen-bond acceptors (Lipinski definition) is 3. The number of rotatable bonds is 5. The van der Waals surface area contributed by atoms with Crippen LogP contribution >= 0.6 is 0 Å². The number of carbonyl (C=O) groups is 1. The van der Waals surface area contributed by atoms with Gasteiger partial charge in [-0.25, -0.2) is 0 Å². The molecule has 0 bridgehead atoms. The third-order valence-corrected chi connectivity index (χ3v) is 3.32. The third kappa shape index (κ3) is 4.41. The van der Waals surface area contributed by atoms with E-state index in [9.17, 15) is 18.0 Å². The monoisotopic (exact) mass is 339 g/mol. The Morgan fingerprint density at radius 2 is 1.67 bits per heavy atom. The molecule has 0 aliphatic rings. The average Bonchev–Trinajstić information content (AvgIpc) is 2.58. The van der Waals surface area contributed by atoms with Crippen LogP contribution in [0.2, 0.25) is 0 Å². The maximum Gasteiger partial charge on any atom is 0.416 e. The highest BCUT2D eigenvalue weighted by molar-refractivity contribution is 5.95. The number of amides is 1. The summed E-state index contributed by atoms with van der Waals surface area (Å²) in [6.45, 7) is -0.0255. The maximum absolute atomic E-state index is 12.7. The van der Waals surface area contributed by atoms with Crippen molar-refractivity contribution in [1.29, 1.82) is 0 Å². The summed E-state index contributed by atoms with van der Waals surface area (Å²) >= 11 is 0. The van der Waals surface area contributed by atoms with E-state index >= 15 is 0 Å². The molecule has 0 aliphatic carbocycles. The number of nitrogens with one attached hydrogen (secondary N) is 1. The number of halogens is 3. The second-order valence-electron chi connectivity index (χ2n) is 4.98. The predicted octanol–water partition coefficient (Wildman–Crippen LogP) is 3.65. The van der Waals surface area contributed by atoms with E-state index in [-0.39, 0.29) is 12.1 Å². The molecule has 2 rings (SSSR count). The third-order valence-electron chi connectivity index (χ3n) is 3.32. The molecule has 0 heterocycles. The van der Waals surface area contributed by atoms with Crippen molar-refractivity contribution >= 4 is 5.91 Å². The minimum absolute atomic E-state index is 0.0255. The fourth-order valence-electron chi connectivity index (χ4n) is 2.08. The van der Waals surface area contributed by atoms with Gasteiger partial charge in [-0.1, -0.05) is 12.1 Å². The van der Waals surface area contributed by atoms with Gasteiger partial charge in [0.25, 0.3) is 5.91 Å². The first kappa shape index (κ1) is 17.7. The van der Waals surface area contributed by atoms with E-state index in [2.05, 4.69) is 5.32 Å². The van der Waals surface area contributed by atoms with Crippen molar-refractivity contribution < 1.29 is 27.4 Å². The summed E-state index contributed by atoms with van der Waals surface area (Å²) in [5.74, 6) is 0.446. The van der Waals surface area contributed by atoms with Gasteiger partial charge in [-0.2, -0.15) is 13.2 Å². The van der Waals surface area contributed by atoms with E-state index in [1.165, 1.54) is 38.5 Å². The molecule has 0 aromatic heterocycles. The summed E-state index contributed by atoms with van der Waals surface area (Å²) in [5, 5.41) is 2.58. The van der Waals surface area contributed by atoms with Gasteiger partial charge in [0.05, 0.1) is 19.8 Å². The number of methoxy groups -OCH3 is 2. The first-order valence-electron chi connectivity index (χ1n) is 7.01. The van der Waals surface area contributed by atoms with Crippen molar-refractivity contribution in [2.45, 2.75) is 12.7 Å². The Hall–Kier alpha value is -2.70. The Bertz CT molecular complexity index is 707. The zero-order valence-corrected chi connectivity index (χ0v) is 13.1. The minimum Gasteiger partial charge on any atom is -0.497 e. The van der Waals surface area contributed by atoms with Crippen molar-refractivity contribution in [2.24, 2.45) is 0 Å². The molecule has 7 heteroatoms. The molecule has 2 aromatic rings. The summed E-state index contributed by atoms with van der Waals surface area (Å²) < 4.78 is 48.2. The maximum atomic E-state index is 12.7. The molecule has 0 spiro atoms. The van der Waals surface area contributed by atoms with Gasteiger partial charge in [-0.15, -0.1) is 0 Å². The quantitative estimate of drug-likeness (QED) is 0.904. The van der Waals surface area contributed by atoms with Gasteiger partial charge in [-0.05, 0) is 29.8 Å². The SMILES string of the molecule is COc1cc(OC)cc(C(=O)NCc2cccc(C(F)(F)F)c2)c1. The van der Waals surface area contributed by atoms with Crippen LogP contribution in [0.15, 0.2) is 42.5 Å². The van der Waals surface area contributed by atoms with Crippen LogP contribution in [0.3, 0.4) is 0 Å². The lowest BCUT2D eigenvalue weighted by Gasteiger charge is -2.11. The fourth-order valence-corrected chi connectivity index (χ4v) is 2.08. The lowest BCUT2D eigenvalue weighted by Crippen LogP contribution is -2.23. The molecule has 0 radical (unpaired) electrons. The van der Waals surface area contributed by atoms with E-state index in [4.69, 9.17) is 9.47 Å². The van der Waals surface area contributed by atoms with Crippen LogP contribution < -0.4 is 14.8 Å². The predicted molar refractivity (Wildman–Crippen MR) is 82.2 cm³/mol. The van der Waals surface area contributed by atoms with E-state index in [0.717, 1.165) is 12.1 Å². The second kappa shape index (κ2) is 7.25. The van der Waals surface area contributed by atoms with Crippen molar-refractivity contribution in [3.8, 4) is 11.5 Å². The van der Waals surface area contributed by atoms with Gasteiger partial charge in [-0.3, -0.25) is 4.79 Å². The Balaban J connectivity index is 2.11. The standard InChI is InChI=1S/C17H16F3NO3/c1-23-14-7-12(8-15(9-14)24-2)16(22)21-10-11-4-3-5-13(6-11)17(18,19)20/h3-9H,10H2,1-2H3,(H,21,22). The van der Waals surface area contributed by atoms with E-state index in [1.807, 2.05) is 0 Å². The summed E-state index contributed by atoms with van der Waals surface area (Å²) in [4.78, 5) is 12.2. The largest absolute Gasteiger partial charge is 0.497 e. The highest BCUT2D eigenvalue weighted by Gasteiger charge is 2.30. The molecule has 0 aliphatic heterocycles. The van der Waals surface area contributed by atoms with Crippen LogP contribution in [0.5, 0.6) is 11.5 Å². The van der Waals surface area contributed by atoms with Crippen LogP contribution in [0, 0.1) is 0 Å². The molecule has 2 aromatic carbocycles. The molecule has 1 N–H and O–H groups in total. The average molecular weight is 339 g/mol. The van der Waals surface area contributed by atoms with Crippen LogP contribution in [0.1, 0.15) is 21.5 Å². The molecule has 1 amide bonds. The second-order valence-corrected chi connectivity index (χ2v) is 4.98. The molecule has 0 saturated carbocycles. The first-order chi connectivity index (χ1) is 11.3. The minimum atomic E-state index is -4.42. The molecular formula is C17H16F3NO3. The topological polar surface area (TPSA) is 47.6 Å². The number of ether oxygens (including phenoxy) is 2. The number of benzene rings is 2. The number of alkyl halides is 3. The normalized spacial score (nSPS) is 11.0. The lowest BCUT2D eigenvalue weighted by atomic mass is 10.1. The fraction of sp³-hybridized carbons (Fsp3) is 0.235. The highest BCUT2D eigenvalue weighted by atomic mass is 19.4. The summed E-state index contributed by atoms with van der Waals surface area (Å²) in [6, 6.07) is 9.46. The van der Waals surface area contributed by atoms with Crippen molar-refractivity contribution in [1.82, 2.24) is 5.32 Å². The molecule has 24 heavy (non-hydrogen) atoms. The summed E-state index contributed by atoms with van der Waals surface area (Å²) in [6.07, 6.45) is -4.42. The van der Waals surface area contributed by atoms with Crippen LogP contribution in [-0.4, -0.2) is 20.1 Å². The molecular weight excluding hydrogens is 323 g/mol. The molecule has 0 fully saturated rings. The summed E-state index contributed by atoms with van der Waals surface area (Å²) in [7, 11) is 2.91. The van der Waals surface area contributed by atoms with Crippen LogP contribution in [-0.2, 0) is 12.7 Å². The zero-order chi connectivity index (χ0) is 17.7. The van der Waals surface area contributed by atoms with Gasteiger partial charge in [0.15, 0.2) is 0 Å². The Morgan fingerprint density at radius 1 is 1.04 bits per heavy atom. The van der Waals surface area contributed by atoms with Crippen molar-refractivity contribution in [3.05, 3.63) is 59.2 Å². The van der Waals surface area contributed by atoms with Gasteiger partial charge in [0, 0.05) is 18.2 Å². The van der Waals surface area contributed by atoms with Crippen molar-refractivity contribution in [3.63, 3.8) is 0 Å². The van der Waals surface area contributed by atoms with E-state index < -0.39 is 17.6 Å². The van der Waals surface area contributed by atoms with Gasteiger partial charge in [0.1, 0.15) is 11.5 Å². The molecule has 0 atom stereocenters. The summed E-state index contributed by atoms with van der Waals surface area (Å²) in [5.41, 5.74) is -0.108. The Kier molecular flexibility index (Phi) is 5.33. The van der Waals surface area contributed by atoms with Crippen LogP contribution in [0.25, 0.3) is 0 Å². The van der Waals surface area contributed by atoms with E-state index in [0.29, 0.717) is 17.1 Å². The lowest BCUT2D eigenvalue weighted by molar-refractivity contribution is -0.137. The van der Waals surface area contributed by atoms with Gasteiger partial charge >= 0.3 is 6.18 Å². The number of carbonyl (C=O) groups excluding carboxylic acids is 1.